The highest BCUT2D eigenvalue weighted by Gasteiger charge is 2.18. The van der Waals surface area contributed by atoms with E-state index in [-0.39, 0.29) is 10.2 Å². The minimum absolute atomic E-state index is 0.0551. The summed E-state index contributed by atoms with van der Waals surface area (Å²) in [5, 5.41) is 6.80. The highest BCUT2D eigenvalue weighted by atomic mass is 32.2. The molecule has 0 saturated heterocycles. The number of fused-ring (bicyclic) bond motifs is 9. The van der Waals surface area contributed by atoms with Crippen molar-refractivity contribution in [2.45, 2.75) is 10.2 Å². The molecular weight excluding hydrogens is 448 g/mol. The molecule has 6 aromatic rings. The lowest BCUT2D eigenvalue weighted by Gasteiger charge is -2.08. The molecule has 0 N–H and O–H groups in total. The predicted molar refractivity (Wildman–Crippen MR) is 125 cm³/mol. The van der Waals surface area contributed by atoms with E-state index in [1.165, 1.54) is 0 Å². The van der Waals surface area contributed by atoms with Crippen LogP contribution in [0, 0.1) is 0 Å². The van der Waals surface area contributed by atoms with Crippen molar-refractivity contribution in [2.75, 3.05) is 12.5 Å². The largest absolute Gasteiger partial charge is 0.444 e. The first-order valence-corrected chi connectivity index (χ1v) is 13.5. The van der Waals surface area contributed by atoms with Crippen LogP contribution in [0.2, 0.25) is 0 Å². The van der Waals surface area contributed by atoms with E-state index in [0.29, 0.717) is 11.2 Å². The van der Waals surface area contributed by atoms with Crippen molar-refractivity contribution in [3.05, 3.63) is 60.7 Å². The molecule has 0 aliphatic rings. The van der Waals surface area contributed by atoms with E-state index in [1.807, 2.05) is 48.5 Å². The van der Waals surface area contributed by atoms with Gasteiger partial charge in [0, 0.05) is 46.2 Å². The maximum absolute atomic E-state index is 11.9. The fraction of sp³-hybridized carbons (Fsp3) is 0.0833. The maximum atomic E-state index is 11.9. The van der Waals surface area contributed by atoms with Crippen LogP contribution < -0.4 is 0 Å². The van der Waals surface area contributed by atoms with Gasteiger partial charge in [0.2, 0.25) is 29.9 Å². The summed E-state index contributed by atoms with van der Waals surface area (Å²) in [4.78, 5) is 0. The van der Waals surface area contributed by atoms with E-state index in [2.05, 4.69) is 0 Å². The van der Waals surface area contributed by atoms with Gasteiger partial charge >= 0.3 is 0 Å². The first-order valence-electron chi connectivity index (χ1n) is 9.76. The van der Waals surface area contributed by atoms with Crippen LogP contribution in [0.25, 0.3) is 54.3 Å². The Labute approximate surface area is 182 Å². The zero-order valence-electron chi connectivity index (χ0n) is 17.0. The molecular formula is C24H16O6S2. The van der Waals surface area contributed by atoms with Crippen molar-refractivity contribution in [3.8, 4) is 0 Å². The van der Waals surface area contributed by atoms with Crippen LogP contribution in [0.1, 0.15) is 0 Å². The number of hydrogen-bond acceptors (Lipinski definition) is 6. The van der Waals surface area contributed by atoms with E-state index < -0.39 is 19.7 Å². The van der Waals surface area contributed by atoms with E-state index >= 15 is 0 Å². The van der Waals surface area contributed by atoms with Crippen molar-refractivity contribution >= 4 is 73.9 Å². The molecule has 6 rings (SSSR count). The molecule has 0 radical (unpaired) electrons. The van der Waals surface area contributed by atoms with Crippen molar-refractivity contribution < 1.29 is 25.7 Å². The summed E-state index contributed by atoms with van der Waals surface area (Å²) < 4.78 is 59.1. The van der Waals surface area contributed by atoms with Crippen molar-refractivity contribution in [1.82, 2.24) is 0 Å². The van der Waals surface area contributed by atoms with Crippen molar-refractivity contribution in [3.63, 3.8) is 0 Å². The lowest BCUT2D eigenvalue weighted by atomic mass is 9.96. The van der Waals surface area contributed by atoms with Gasteiger partial charge in [-0.25, -0.2) is 16.8 Å². The zero-order valence-corrected chi connectivity index (χ0v) is 18.7. The number of hydrogen-bond donors (Lipinski definition) is 0. The Bertz CT molecular complexity index is 1830. The highest BCUT2D eigenvalue weighted by molar-refractivity contribution is 7.90. The van der Waals surface area contributed by atoms with Crippen molar-refractivity contribution in [2.24, 2.45) is 0 Å². The second-order valence-corrected chi connectivity index (χ2v) is 12.0. The summed E-state index contributed by atoms with van der Waals surface area (Å²) in [6, 6.07) is 18.5. The SMILES string of the molecule is CS(=O)(=O)c1cc2ccc3c4ccc5c(ccc6cc(S(C)(=O)=O)oc65)c4ccc3c2o1. The molecule has 32 heavy (non-hydrogen) atoms. The molecule has 0 spiro atoms. The Balaban J connectivity index is 1.69. The molecule has 2 heterocycles. The third-order valence-electron chi connectivity index (χ3n) is 5.84. The third kappa shape index (κ3) is 2.69. The van der Waals surface area contributed by atoms with Gasteiger partial charge in [-0.2, -0.15) is 0 Å². The smallest absolute Gasteiger partial charge is 0.219 e. The van der Waals surface area contributed by atoms with Gasteiger partial charge in [-0.05, 0) is 33.7 Å². The molecule has 2 aromatic heterocycles. The van der Waals surface area contributed by atoms with Gasteiger partial charge in [-0.15, -0.1) is 0 Å². The van der Waals surface area contributed by atoms with Gasteiger partial charge in [-0.1, -0.05) is 36.4 Å². The molecule has 0 bridgehead atoms. The lowest BCUT2D eigenvalue weighted by Crippen LogP contribution is -1.93. The Kier molecular flexibility index (Phi) is 3.69. The first-order chi connectivity index (χ1) is 15.1. The van der Waals surface area contributed by atoms with E-state index in [1.54, 1.807) is 12.1 Å². The second kappa shape index (κ2) is 6.11. The Morgan fingerprint density at radius 3 is 1.19 bits per heavy atom. The van der Waals surface area contributed by atoms with Crippen LogP contribution in [0.4, 0.5) is 0 Å². The molecule has 8 heteroatoms. The summed E-state index contributed by atoms with van der Waals surface area (Å²) in [6.45, 7) is 0. The predicted octanol–water partition coefficient (Wildman–Crippen LogP) is 5.45. The Morgan fingerprint density at radius 2 is 0.812 bits per heavy atom. The standard InChI is InChI=1S/C24H16O6S2/c1-31(25,26)21-11-13-3-5-17-15-8-10-20-18(16(15)7-9-19(17)23(13)29-21)6-4-14-12-22(30-24(14)20)32(2,27)28/h3-12H,1-2H3. The normalized spacial score (nSPS) is 13.2. The molecule has 0 unspecified atom stereocenters. The Hall–Kier alpha value is -3.36. The maximum Gasteiger partial charge on any atom is 0.219 e. The van der Waals surface area contributed by atoms with Crippen LogP contribution in [-0.2, 0) is 19.7 Å². The minimum atomic E-state index is -3.45. The topological polar surface area (TPSA) is 94.6 Å². The van der Waals surface area contributed by atoms with Gasteiger partial charge in [0.1, 0.15) is 11.2 Å². The van der Waals surface area contributed by atoms with Gasteiger partial charge in [0.15, 0.2) is 0 Å². The van der Waals surface area contributed by atoms with Crippen LogP contribution in [0.5, 0.6) is 0 Å². The number of rotatable bonds is 2. The number of sulfone groups is 2. The minimum Gasteiger partial charge on any atom is -0.444 e. The van der Waals surface area contributed by atoms with Crippen LogP contribution >= 0.6 is 0 Å². The Morgan fingerprint density at radius 1 is 0.500 bits per heavy atom. The first kappa shape index (κ1) is 19.3. The van der Waals surface area contributed by atoms with Crippen LogP contribution in [0.3, 0.4) is 0 Å². The van der Waals surface area contributed by atoms with Crippen LogP contribution in [0.15, 0.2) is 79.7 Å². The monoisotopic (exact) mass is 464 g/mol. The zero-order chi connectivity index (χ0) is 22.4. The molecule has 160 valence electrons. The van der Waals surface area contributed by atoms with Crippen LogP contribution in [-0.4, -0.2) is 29.3 Å². The highest BCUT2D eigenvalue weighted by Crippen LogP contribution is 2.38. The van der Waals surface area contributed by atoms with Gasteiger partial charge < -0.3 is 8.83 Å². The number of furan rings is 2. The fourth-order valence-electron chi connectivity index (χ4n) is 4.35. The average Bonchev–Trinajstić information content (AvgIpc) is 3.37. The lowest BCUT2D eigenvalue weighted by molar-refractivity contribution is 0.486. The second-order valence-electron chi connectivity index (χ2n) is 8.06. The fourth-order valence-corrected chi connectivity index (χ4v) is 5.50. The van der Waals surface area contributed by atoms with E-state index in [0.717, 1.165) is 55.6 Å². The molecule has 0 aliphatic heterocycles. The number of benzene rings is 4. The molecule has 0 atom stereocenters. The summed E-state index contributed by atoms with van der Waals surface area (Å²) in [5.41, 5.74) is 1.06. The van der Waals surface area contributed by atoms with Gasteiger partial charge in [0.25, 0.3) is 0 Å². The summed E-state index contributed by atoms with van der Waals surface area (Å²) in [6.07, 6.45) is 2.25. The van der Waals surface area contributed by atoms with Crippen molar-refractivity contribution in [1.29, 1.82) is 0 Å². The summed E-state index contributed by atoms with van der Waals surface area (Å²) in [7, 11) is -6.91. The third-order valence-corrected chi connectivity index (χ3v) is 7.70. The quantitative estimate of drug-likeness (QED) is 0.317. The molecule has 0 fully saturated rings. The summed E-state index contributed by atoms with van der Waals surface area (Å²) in [5.74, 6) is 0. The van der Waals surface area contributed by atoms with E-state index in [4.69, 9.17) is 8.83 Å². The summed E-state index contributed by atoms with van der Waals surface area (Å²) >= 11 is 0. The molecule has 4 aromatic carbocycles. The van der Waals surface area contributed by atoms with Gasteiger partial charge in [-0.3, -0.25) is 0 Å². The van der Waals surface area contributed by atoms with Gasteiger partial charge in [0.05, 0.1) is 0 Å². The molecule has 6 nitrogen and oxygen atoms in total. The molecule has 0 saturated carbocycles. The molecule has 0 aliphatic carbocycles. The average molecular weight is 465 g/mol. The molecule has 0 amide bonds. The van der Waals surface area contributed by atoms with E-state index in [9.17, 15) is 16.8 Å².